The minimum Gasteiger partial charge on any atom is -0.351 e. The Bertz CT molecular complexity index is 580. The fourth-order valence-corrected chi connectivity index (χ4v) is 2.68. The van der Waals surface area contributed by atoms with Crippen LogP contribution in [0.4, 0.5) is 0 Å². The molecule has 6 heteroatoms. The molecule has 0 radical (unpaired) electrons. The van der Waals surface area contributed by atoms with Gasteiger partial charge in [-0.15, -0.1) is 0 Å². The van der Waals surface area contributed by atoms with Gasteiger partial charge in [-0.05, 0) is 24.8 Å². The summed E-state index contributed by atoms with van der Waals surface area (Å²) in [6, 6.07) is 7.85. The average Bonchev–Trinajstić information content (AvgIpc) is 2.41. The van der Waals surface area contributed by atoms with Gasteiger partial charge in [0.05, 0.1) is 12.8 Å². The molecule has 0 aliphatic rings. The largest absolute Gasteiger partial charge is 0.351 e. The first kappa shape index (κ1) is 18.6. The minimum absolute atomic E-state index is 0.128. The Balaban J connectivity index is 2.54. The number of amides is 1. The first-order chi connectivity index (χ1) is 10.2. The number of aryl methyl sites for hydroxylation is 1. The van der Waals surface area contributed by atoms with Gasteiger partial charge < -0.3 is 5.32 Å². The fourth-order valence-electron chi connectivity index (χ4n) is 1.89. The number of benzene rings is 1. The second-order valence-electron chi connectivity index (χ2n) is 6.04. The first-order valence-corrected chi connectivity index (χ1v) is 9.30. The second kappa shape index (κ2) is 8.29. The van der Waals surface area contributed by atoms with Crippen LogP contribution in [0.25, 0.3) is 0 Å². The zero-order valence-corrected chi connectivity index (χ0v) is 14.6. The molecule has 0 aromatic heterocycles. The molecular weight excluding hydrogens is 300 g/mol. The molecule has 1 rings (SSSR count). The highest BCUT2D eigenvalue weighted by Crippen LogP contribution is 2.06. The molecule has 0 aliphatic heterocycles. The van der Waals surface area contributed by atoms with Crippen LogP contribution < -0.4 is 5.32 Å². The van der Waals surface area contributed by atoms with Crippen LogP contribution in [-0.2, 0) is 21.4 Å². The van der Waals surface area contributed by atoms with Gasteiger partial charge in [0.1, 0.15) is 0 Å². The van der Waals surface area contributed by atoms with Gasteiger partial charge in [0.25, 0.3) is 0 Å². The van der Waals surface area contributed by atoms with E-state index in [1.54, 1.807) is 0 Å². The molecule has 0 atom stereocenters. The topological polar surface area (TPSA) is 66.5 Å². The summed E-state index contributed by atoms with van der Waals surface area (Å²) in [5, 5.41) is 2.76. The van der Waals surface area contributed by atoms with Crippen molar-refractivity contribution in [2.75, 3.05) is 19.3 Å². The maximum absolute atomic E-state index is 12.0. The third-order valence-corrected chi connectivity index (χ3v) is 4.60. The number of carbonyl (C=O) groups is 1. The van der Waals surface area contributed by atoms with E-state index in [2.05, 4.69) is 5.32 Å². The molecular formula is C16H26N2O3S. The van der Waals surface area contributed by atoms with Crippen molar-refractivity contribution in [3.05, 3.63) is 35.4 Å². The number of carbonyl (C=O) groups excluding carboxylic acids is 1. The molecule has 0 saturated carbocycles. The zero-order chi connectivity index (χ0) is 16.8. The molecule has 0 fully saturated rings. The van der Waals surface area contributed by atoms with Crippen molar-refractivity contribution >= 4 is 15.9 Å². The molecule has 124 valence electrons. The lowest BCUT2D eigenvalue weighted by Gasteiger charge is -2.20. The van der Waals surface area contributed by atoms with Crippen LogP contribution >= 0.6 is 0 Å². The van der Waals surface area contributed by atoms with E-state index in [4.69, 9.17) is 0 Å². The Morgan fingerprint density at radius 3 is 2.32 bits per heavy atom. The monoisotopic (exact) mass is 326 g/mol. The summed E-state index contributed by atoms with van der Waals surface area (Å²) in [7, 11) is -3.37. The summed E-state index contributed by atoms with van der Waals surface area (Å²) in [6.45, 7) is 6.70. The summed E-state index contributed by atoms with van der Waals surface area (Å²) in [4.78, 5) is 12.0. The molecule has 1 aromatic rings. The van der Waals surface area contributed by atoms with E-state index in [9.17, 15) is 13.2 Å². The van der Waals surface area contributed by atoms with Crippen LogP contribution in [0.15, 0.2) is 24.3 Å². The predicted octanol–water partition coefficient (Wildman–Crippen LogP) is 1.92. The van der Waals surface area contributed by atoms with Crippen LogP contribution in [0.2, 0.25) is 0 Å². The molecule has 1 N–H and O–H groups in total. The first-order valence-electron chi connectivity index (χ1n) is 7.46. The van der Waals surface area contributed by atoms with E-state index >= 15 is 0 Å². The third-order valence-electron chi connectivity index (χ3n) is 3.36. The lowest BCUT2D eigenvalue weighted by atomic mass is 10.1. The number of sulfonamides is 1. The molecule has 0 heterocycles. The Morgan fingerprint density at radius 2 is 1.82 bits per heavy atom. The lowest BCUT2D eigenvalue weighted by Crippen LogP contribution is -2.40. The summed E-state index contributed by atoms with van der Waals surface area (Å²) in [5.41, 5.74) is 2.15. The van der Waals surface area contributed by atoms with Crippen molar-refractivity contribution in [3.8, 4) is 0 Å². The number of nitrogens with zero attached hydrogens (tertiary/aromatic N) is 1. The number of hydrogen-bond acceptors (Lipinski definition) is 3. The quantitative estimate of drug-likeness (QED) is 0.793. The van der Waals surface area contributed by atoms with E-state index in [0.29, 0.717) is 19.0 Å². The zero-order valence-electron chi connectivity index (χ0n) is 13.8. The van der Waals surface area contributed by atoms with E-state index in [-0.39, 0.29) is 12.5 Å². The van der Waals surface area contributed by atoms with E-state index < -0.39 is 10.0 Å². The lowest BCUT2D eigenvalue weighted by molar-refractivity contribution is -0.121. The Labute approximate surface area is 133 Å². The van der Waals surface area contributed by atoms with Gasteiger partial charge in [-0.1, -0.05) is 43.7 Å². The van der Waals surface area contributed by atoms with Gasteiger partial charge in [-0.25, -0.2) is 8.42 Å². The predicted molar refractivity (Wildman–Crippen MR) is 88.9 cm³/mol. The highest BCUT2D eigenvalue weighted by atomic mass is 32.2. The minimum atomic E-state index is -3.37. The summed E-state index contributed by atoms with van der Waals surface area (Å²) in [6.07, 6.45) is 1.87. The van der Waals surface area contributed by atoms with E-state index in [1.807, 2.05) is 45.0 Å². The van der Waals surface area contributed by atoms with Gasteiger partial charge in [-0.2, -0.15) is 4.31 Å². The SMILES string of the molecule is Cc1ccc(CNC(=O)CN(CCC(C)C)S(C)(=O)=O)cc1. The maximum Gasteiger partial charge on any atom is 0.235 e. The summed E-state index contributed by atoms with van der Waals surface area (Å²) in [5.74, 6) is 0.106. The molecule has 0 unspecified atom stereocenters. The second-order valence-corrected chi connectivity index (χ2v) is 8.02. The van der Waals surface area contributed by atoms with Crippen molar-refractivity contribution in [3.63, 3.8) is 0 Å². The highest BCUT2D eigenvalue weighted by molar-refractivity contribution is 7.88. The smallest absolute Gasteiger partial charge is 0.235 e. The van der Waals surface area contributed by atoms with Crippen molar-refractivity contribution in [2.45, 2.75) is 33.7 Å². The van der Waals surface area contributed by atoms with E-state index in [1.165, 1.54) is 4.31 Å². The standard InChI is InChI=1S/C16H26N2O3S/c1-13(2)9-10-18(22(4,20)21)12-16(19)17-11-15-7-5-14(3)6-8-15/h5-8,13H,9-12H2,1-4H3,(H,17,19). The van der Waals surface area contributed by atoms with Crippen LogP contribution in [0.1, 0.15) is 31.4 Å². The fraction of sp³-hybridized carbons (Fsp3) is 0.562. The van der Waals surface area contributed by atoms with Crippen molar-refractivity contribution in [1.29, 1.82) is 0 Å². The Kier molecular flexibility index (Phi) is 7.03. The highest BCUT2D eigenvalue weighted by Gasteiger charge is 2.20. The molecule has 0 bridgehead atoms. The normalized spacial score (nSPS) is 11.9. The summed E-state index contributed by atoms with van der Waals surface area (Å²) < 4.78 is 24.7. The van der Waals surface area contributed by atoms with Gasteiger partial charge in [0.2, 0.25) is 15.9 Å². The average molecular weight is 326 g/mol. The summed E-state index contributed by atoms with van der Waals surface area (Å²) >= 11 is 0. The van der Waals surface area contributed by atoms with Gasteiger partial charge in [-0.3, -0.25) is 4.79 Å². The molecule has 22 heavy (non-hydrogen) atoms. The molecule has 1 aromatic carbocycles. The van der Waals surface area contributed by atoms with Gasteiger partial charge in [0.15, 0.2) is 0 Å². The van der Waals surface area contributed by atoms with Crippen LogP contribution in [-0.4, -0.2) is 38.0 Å². The Morgan fingerprint density at radius 1 is 1.23 bits per heavy atom. The molecule has 0 spiro atoms. The van der Waals surface area contributed by atoms with Crippen molar-refractivity contribution in [1.82, 2.24) is 9.62 Å². The Hall–Kier alpha value is -1.40. The van der Waals surface area contributed by atoms with E-state index in [0.717, 1.165) is 23.8 Å². The molecule has 0 saturated heterocycles. The van der Waals surface area contributed by atoms with Crippen molar-refractivity contribution in [2.24, 2.45) is 5.92 Å². The van der Waals surface area contributed by atoms with Crippen LogP contribution in [0, 0.1) is 12.8 Å². The van der Waals surface area contributed by atoms with Crippen molar-refractivity contribution < 1.29 is 13.2 Å². The van der Waals surface area contributed by atoms with Crippen LogP contribution in [0.5, 0.6) is 0 Å². The molecule has 5 nitrogen and oxygen atoms in total. The number of hydrogen-bond donors (Lipinski definition) is 1. The number of rotatable bonds is 8. The third kappa shape index (κ3) is 7.04. The van der Waals surface area contributed by atoms with Gasteiger partial charge in [0, 0.05) is 13.1 Å². The van der Waals surface area contributed by atoms with Gasteiger partial charge >= 0.3 is 0 Å². The maximum atomic E-state index is 12.0. The molecule has 0 aliphatic carbocycles. The number of nitrogens with one attached hydrogen (secondary N) is 1. The molecule has 1 amide bonds. The van der Waals surface area contributed by atoms with Crippen LogP contribution in [0.3, 0.4) is 0 Å².